The molecule has 0 aliphatic rings. The average molecular weight is 635 g/mol. The summed E-state index contributed by atoms with van der Waals surface area (Å²) >= 11 is 9.44. The van der Waals surface area contributed by atoms with Gasteiger partial charge in [-0.05, 0) is 94.3 Å². The molecule has 3 aromatic rings. The van der Waals surface area contributed by atoms with Crippen LogP contribution in [0.25, 0.3) is 0 Å². The van der Waals surface area contributed by atoms with Gasteiger partial charge in [0.25, 0.3) is 10.0 Å². The molecule has 1 N–H and O–H groups in total. The molecule has 0 aromatic heterocycles. The van der Waals surface area contributed by atoms with Crippen LogP contribution in [0, 0.1) is 6.92 Å². The minimum atomic E-state index is -4.15. The number of sulfonamides is 1. The van der Waals surface area contributed by atoms with Crippen molar-refractivity contribution in [2.45, 2.75) is 57.6 Å². The molecular formula is C29H33BrClN3O4S. The zero-order valence-corrected chi connectivity index (χ0v) is 25.8. The van der Waals surface area contributed by atoms with Crippen molar-refractivity contribution in [3.05, 3.63) is 93.4 Å². The van der Waals surface area contributed by atoms with Gasteiger partial charge in [-0.1, -0.05) is 51.8 Å². The highest BCUT2D eigenvalue weighted by molar-refractivity contribution is 9.10. The van der Waals surface area contributed by atoms with Gasteiger partial charge in [-0.25, -0.2) is 8.42 Å². The second-order valence-electron chi connectivity index (χ2n) is 10.4. The summed E-state index contributed by atoms with van der Waals surface area (Å²) in [6.07, 6.45) is 0. The second kappa shape index (κ2) is 12.5. The number of carbonyl (C=O) groups is 2. The quantitative estimate of drug-likeness (QED) is 0.316. The van der Waals surface area contributed by atoms with E-state index in [0.29, 0.717) is 10.7 Å². The molecule has 1 atom stereocenters. The molecule has 0 aliphatic heterocycles. The Kier molecular flexibility index (Phi) is 9.85. The third-order valence-electron chi connectivity index (χ3n) is 5.88. The fraction of sp³-hybridized carbons (Fsp3) is 0.310. The molecule has 0 spiro atoms. The van der Waals surface area contributed by atoms with Gasteiger partial charge in [0.2, 0.25) is 11.8 Å². The van der Waals surface area contributed by atoms with E-state index >= 15 is 0 Å². The van der Waals surface area contributed by atoms with Gasteiger partial charge >= 0.3 is 0 Å². The highest BCUT2D eigenvalue weighted by atomic mass is 79.9. The van der Waals surface area contributed by atoms with Crippen molar-refractivity contribution in [2.75, 3.05) is 10.8 Å². The van der Waals surface area contributed by atoms with Crippen molar-refractivity contribution in [3.63, 3.8) is 0 Å². The minimum absolute atomic E-state index is 0.00160. The Hall–Kier alpha value is -2.88. The standard InChI is InChI=1S/C29H33BrClN3O4S/c1-20-8-6-11-25(16-20)34(39(37,38)26-14-12-24(31)13-15-26)19-27(35)33(18-22-9-7-10-23(30)17-22)21(2)28(36)32-29(3,4)5/h6-17,21H,18-19H2,1-5H3,(H,32,36). The van der Waals surface area contributed by atoms with Gasteiger partial charge in [-0.15, -0.1) is 0 Å². The Morgan fingerprint density at radius 2 is 1.64 bits per heavy atom. The lowest BCUT2D eigenvalue weighted by atomic mass is 10.1. The Balaban J connectivity index is 2.04. The van der Waals surface area contributed by atoms with Crippen molar-refractivity contribution in [1.82, 2.24) is 10.2 Å². The first kappa shape index (κ1) is 30.7. The van der Waals surface area contributed by atoms with Crippen LogP contribution in [0.1, 0.15) is 38.8 Å². The molecule has 0 bridgehead atoms. The van der Waals surface area contributed by atoms with Crippen LogP contribution in [0.4, 0.5) is 5.69 Å². The van der Waals surface area contributed by atoms with Crippen LogP contribution in [-0.4, -0.2) is 43.3 Å². The number of anilines is 1. The van der Waals surface area contributed by atoms with Crippen molar-refractivity contribution < 1.29 is 18.0 Å². The number of nitrogens with zero attached hydrogens (tertiary/aromatic N) is 2. The van der Waals surface area contributed by atoms with Crippen molar-refractivity contribution in [1.29, 1.82) is 0 Å². The molecule has 1 unspecified atom stereocenters. The van der Waals surface area contributed by atoms with E-state index in [4.69, 9.17) is 11.6 Å². The van der Waals surface area contributed by atoms with Crippen LogP contribution in [0.15, 0.2) is 82.2 Å². The summed E-state index contributed by atoms with van der Waals surface area (Å²) < 4.78 is 29.6. The zero-order chi connectivity index (χ0) is 29.0. The maximum Gasteiger partial charge on any atom is 0.264 e. The predicted octanol–water partition coefficient (Wildman–Crippen LogP) is 5.94. The third kappa shape index (κ3) is 8.30. The van der Waals surface area contributed by atoms with Gasteiger partial charge in [0.15, 0.2) is 0 Å². The molecule has 208 valence electrons. The highest BCUT2D eigenvalue weighted by Gasteiger charge is 2.33. The molecule has 0 saturated heterocycles. The van der Waals surface area contributed by atoms with E-state index < -0.39 is 34.1 Å². The van der Waals surface area contributed by atoms with E-state index in [2.05, 4.69) is 21.2 Å². The van der Waals surface area contributed by atoms with Gasteiger partial charge in [0.1, 0.15) is 12.6 Å². The van der Waals surface area contributed by atoms with E-state index in [1.807, 2.05) is 58.0 Å². The van der Waals surface area contributed by atoms with Crippen LogP contribution >= 0.6 is 27.5 Å². The second-order valence-corrected chi connectivity index (χ2v) is 13.6. The molecule has 10 heteroatoms. The largest absolute Gasteiger partial charge is 0.350 e. The van der Waals surface area contributed by atoms with E-state index in [1.54, 1.807) is 25.1 Å². The number of hydrogen-bond acceptors (Lipinski definition) is 4. The molecule has 0 fully saturated rings. The van der Waals surface area contributed by atoms with E-state index in [0.717, 1.165) is 19.9 Å². The van der Waals surface area contributed by atoms with E-state index in [-0.39, 0.29) is 17.3 Å². The maximum atomic E-state index is 14.0. The number of rotatable bonds is 9. The number of aryl methyl sites for hydroxylation is 1. The summed E-state index contributed by atoms with van der Waals surface area (Å²) in [6, 6.07) is 19.3. The molecule has 3 rings (SSSR count). The Morgan fingerprint density at radius 3 is 2.23 bits per heavy atom. The molecule has 39 heavy (non-hydrogen) atoms. The van der Waals surface area contributed by atoms with Crippen molar-refractivity contribution in [3.8, 4) is 0 Å². The Labute approximate surface area is 244 Å². The zero-order valence-electron chi connectivity index (χ0n) is 22.6. The molecule has 2 amide bonds. The van der Waals surface area contributed by atoms with Gasteiger partial charge in [-0.3, -0.25) is 13.9 Å². The fourth-order valence-corrected chi connectivity index (χ4v) is 5.91. The maximum absolute atomic E-state index is 14.0. The number of hydrogen-bond donors (Lipinski definition) is 1. The molecule has 3 aromatic carbocycles. The molecule has 7 nitrogen and oxygen atoms in total. The number of amides is 2. The van der Waals surface area contributed by atoms with Crippen molar-refractivity contribution in [2.24, 2.45) is 0 Å². The summed E-state index contributed by atoms with van der Waals surface area (Å²) in [7, 11) is -4.15. The molecule has 0 heterocycles. The molecule has 0 radical (unpaired) electrons. The first-order valence-electron chi connectivity index (χ1n) is 12.4. The van der Waals surface area contributed by atoms with Crippen molar-refractivity contribution >= 4 is 55.1 Å². The third-order valence-corrected chi connectivity index (χ3v) is 8.41. The van der Waals surface area contributed by atoms with Gasteiger partial charge in [0.05, 0.1) is 10.6 Å². The number of halogens is 2. The normalized spacial score (nSPS) is 12.5. The van der Waals surface area contributed by atoms with E-state index in [9.17, 15) is 18.0 Å². The van der Waals surface area contributed by atoms with Gasteiger partial charge < -0.3 is 10.2 Å². The summed E-state index contributed by atoms with van der Waals surface area (Å²) in [4.78, 5) is 28.5. The van der Waals surface area contributed by atoms with Crippen LogP contribution in [-0.2, 0) is 26.2 Å². The van der Waals surface area contributed by atoms with Crippen LogP contribution in [0.2, 0.25) is 5.02 Å². The SMILES string of the molecule is Cc1cccc(N(CC(=O)N(Cc2cccc(Br)c2)C(C)C(=O)NC(C)(C)C)S(=O)(=O)c2ccc(Cl)cc2)c1. The summed E-state index contributed by atoms with van der Waals surface area (Å²) in [5.74, 6) is -0.862. The predicted molar refractivity (Wildman–Crippen MR) is 159 cm³/mol. The molecular weight excluding hydrogens is 602 g/mol. The van der Waals surface area contributed by atoms with Crippen LogP contribution in [0.3, 0.4) is 0 Å². The Morgan fingerprint density at radius 1 is 1.00 bits per heavy atom. The topological polar surface area (TPSA) is 86.8 Å². The summed E-state index contributed by atoms with van der Waals surface area (Å²) in [6.45, 7) is 8.66. The number of carbonyl (C=O) groups excluding carboxylic acids is 2. The highest BCUT2D eigenvalue weighted by Crippen LogP contribution is 2.26. The van der Waals surface area contributed by atoms with E-state index in [1.165, 1.54) is 29.2 Å². The summed E-state index contributed by atoms with van der Waals surface area (Å²) in [5, 5.41) is 3.31. The number of benzene rings is 3. The molecule has 0 saturated carbocycles. The van der Waals surface area contributed by atoms with Gasteiger partial charge in [0, 0.05) is 21.6 Å². The van der Waals surface area contributed by atoms with Crippen LogP contribution in [0.5, 0.6) is 0 Å². The first-order chi connectivity index (χ1) is 18.2. The lowest BCUT2D eigenvalue weighted by molar-refractivity contribution is -0.140. The smallest absolute Gasteiger partial charge is 0.264 e. The fourth-order valence-electron chi connectivity index (χ4n) is 3.93. The monoisotopic (exact) mass is 633 g/mol. The lowest BCUT2D eigenvalue weighted by Crippen LogP contribution is -2.54. The first-order valence-corrected chi connectivity index (χ1v) is 15.0. The Bertz CT molecular complexity index is 1440. The van der Waals surface area contributed by atoms with Crippen LogP contribution < -0.4 is 9.62 Å². The summed E-state index contributed by atoms with van der Waals surface area (Å²) in [5.41, 5.74) is 1.45. The number of nitrogens with one attached hydrogen (secondary N) is 1. The lowest BCUT2D eigenvalue weighted by Gasteiger charge is -2.33. The minimum Gasteiger partial charge on any atom is -0.350 e. The molecule has 0 aliphatic carbocycles. The van der Waals surface area contributed by atoms with Gasteiger partial charge in [-0.2, -0.15) is 0 Å². The average Bonchev–Trinajstić information content (AvgIpc) is 2.84.